The van der Waals surface area contributed by atoms with Crippen LogP contribution in [0.2, 0.25) is 0 Å². The van der Waals surface area contributed by atoms with Gasteiger partial charge in [0.05, 0.1) is 11.1 Å². The molecule has 0 saturated heterocycles. The van der Waals surface area contributed by atoms with Gasteiger partial charge < -0.3 is 5.32 Å². The van der Waals surface area contributed by atoms with Crippen LogP contribution in [0.25, 0.3) is 0 Å². The van der Waals surface area contributed by atoms with Gasteiger partial charge in [-0.25, -0.2) is 0 Å². The molecule has 0 heterocycles. The minimum atomic E-state index is 0.445. The summed E-state index contributed by atoms with van der Waals surface area (Å²) in [5, 5.41) is 21.3. The Balaban J connectivity index is 2.07. The van der Waals surface area contributed by atoms with E-state index in [0.717, 1.165) is 11.6 Å². The van der Waals surface area contributed by atoms with Crippen molar-refractivity contribution in [1.82, 2.24) is 0 Å². The van der Waals surface area contributed by atoms with E-state index < -0.39 is 0 Å². The summed E-state index contributed by atoms with van der Waals surface area (Å²) in [5.74, 6) is 0.830. The highest BCUT2D eigenvalue weighted by Crippen LogP contribution is 2.30. The van der Waals surface area contributed by atoms with Gasteiger partial charge in [-0.05, 0) is 43.4 Å². The molecule has 1 fully saturated rings. The number of hydrogen-bond acceptors (Lipinski definition) is 3. The number of anilines is 1. The van der Waals surface area contributed by atoms with Crippen molar-refractivity contribution >= 4 is 5.69 Å². The summed E-state index contributed by atoms with van der Waals surface area (Å²) in [4.78, 5) is 0. The Morgan fingerprint density at radius 2 is 2.00 bits per heavy atom. The number of benzene rings is 1. The van der Waals surface area contributed by atoms with E-state index in [9.17, 15) is 0 Å². The molecule has 1 aromatic carbocycles. The molecule has 92 valence electrons. The molecule has 1 N–H and O–H groups in total. The van der Waals surface area contributed by atoms with Gasteiger partial charge >= 0.3 is 0 Å². The molecule has 2 rings (SSSR count). The summed E-state index contributed by atoms with van der Waals surface area (Å²) in [6.07, 6.45) is 4.93. The fourth-order valence-electron chi connectivity index (χ4n) is 2.64. The van der Waals surface area contributed by atoms with Crippen molar-refractivity contribution in [3.8, 4) is 12.1 Å². The van der Waals surface area contributed by atoms with Crippen LogP contribution in [-0.4, -0.2) is 6.04 Å². The molecule has 0 spiro atoms. The van der Waals surface area contributed by atoms with Crippen LogP contribution in [-0.2, 0) is 0 Å². The second-order valence-electron chi connectivity index (χ2n) is 4.91. The summed E-state index contributed by atoms with van der Waals surface area (Å²) >= 11 is 0. The maximum Gasteiger partial charge on any atom is 0.101 e. The lowest BCUT2D eigenvalue weighted by atomic mass is 10.1. The van der Waals surface area contributed by atoms with Crippen molar-refractivity contribution in [1.29, 1.82) is 10.5 Å². The zero-order valence-electron chi connectivity index (χ0n) is 10.6. The van der Waals surface area contributed by atoms with Crippen LogP contribution < -0.4 is 5.32 Å². The molecule has 0 radical (unpaired) electrons. The lowest BCUT2D eigenvalue weighted by Gasteiger charge is -2.14. The topological polar surface area (TPSA) is 59.6 Å². The highest BCUT2D eigenvalue weighted by atomic mass is 14.9. The molecule has 0 aromatic heterocycles. The largest absolute Gasteiger partial charge is 0.382 e. The highest BCUT2D eigenvalue weighted by molar-refractivity contribution is 5.56. The molecule has 0 bridgehead atoms. The summed E-state index contributed by atoms with van der Waals surface area (Å²) in [6.45, 7) is 2.24. The van der Waals surface area contributed by atoms with E-state index in [-0.39, 0.29) is 0 Å². The minimum Gasteiger partial charge on any atom is -0.382 e. The first-order chi connectivity index (χ1) is 8.76. The van der Waals surface area contributed by atoms with Crippen LogP contribution in [0.3, 0.4) is 0 Å². The Morgan fingerprint density at radius 1 is 1.22 bits per heavy atom. The smallest absolute Gasteiger partial charge is 0.101 e. The second kappa shape index (κ2) is 5.56. The molecule has 3 heteroatoms. The van der Waals surface area contributed by atoms with Crippen LogP contribution in [0.5, 0.6) is 0 Å². The van der Waals surface area contributed by atoms with Crippen LogP contribution in [0.15, 0.2) is 18.2 Å². The van der Waals surface area contributed by atoms with Crippen LogP contribution in [0.4, 0.5) is 5.69 Å². The molecule has 0 amide bonds. The van der Waals surface area contributed by atoms with Gasteiger partial charge in [-0.1, -0.05) is 13.3 Å². The number of rotatable bonds is 3. The SMILES string of the molecule is CCC1CCC(Nc2ccc(C#N)c(C#N)c2)C1. The van der Waals surface area contributed by atoms with Gasteiger partial charge in [-0.15, -0.1) is 0 Å². The Bertz CT molecular complexity index is 507. The molecule has 1 aliphatic carbocycles. The third kappa shape index (κ3) is 2.63. The van der Waals surface area contributed by atoms with Crippen molar-refractivity contribution < 1.29 is 0 Å². The summed E-state index contributed by atoms with van der Waals surface area (Å²) in [7, 11) is 0. The first kappa shape index (κ1) is 12.5. The lowest BCUT2D eigenvalue weighted by molar-refractivity contribution is 0.525. The second-order valence-corrected chi connectivity index (χ2v) is 4.91. The number of nitriles is 2. The van der Waals surface area contributed by atoms with E-state index >= 15 is 0 Å². The van der Waals surface area contributed by atoms with Gasteiger partial charge in [0.25, 0.3) is 0 Å². The van der Waals surface area contributed by atoms with Crippen molar-refractivity contribution in [3.63, 3.8) is 0 Å². The van der Waals surface area contributed by atoms with E-state index in [1.54, 1.807) is 12.1 Å². The molecular weight excluding hydrogens is 222 g/mol. The van der Waals surface area contributed by atoms with Gasteiger partial charge in [-0.2, -0.15) is 10.5 Å². The summed E-state index contributed by atoms with van der Waals surface area (Å²) in [6, 6.07) is 9.99. The maximum absolute atomic E-state index is 8.99. The van der Waals surface area contributed by atoms with E-state index in [4.69, 9.17) is 10.5 Å². The Morgan fingerprint density at radius 3 is 2.61 bits per heavy atom. The van der Waals surface area contributed by atoms with Crippen molar-refractivity contribution in [2.45, 2.75) is 38.6 Å². The molecule has 1 saturated carbocycles. The number of hydrogen-bond donors (Lipinski definition) is 1. The average Bonchev–Trinajstić information content (AvgIpc) is 2.86. The first-order valence-electron chi connectivity index (χ1n) is 6.47. The highest BCUT2D eigenvalue weighted by Gasteiger charge is 2.23. The van der Waals surface area contributed by atoms with E-state index in [0.29, 0.717) is 17.2 Å². The fraction of sp³-hybridized carbons (Fsp3) is 0.467. The number of nitrogens with one attached hydrogen (secondary N) is 1. The zero-order valence-corrected chi connectivity index (χ0v) is 10.6. The fourth-order valence-corrected chi connectivity index (χ4v) is 2.64. The van der Waals surface area contributed by atoms with Gasteiger partial charge in [0, 0.05) is 11.7 Å². The Kier molecular flexibility index (Phi) is 3.85. The van der Waals surface area contributed by atoms with Crippen molar-refractivity contribution in [2.75, 3.05) is 5.32 Å². The molecule has 2 unspecified atom stereocenters. The molecule has 1 aromatic rings. The molecule has 18 heavy (non-hydrogen) atoms. The monoisotopic (exact) mass is 239 g/mol. The molecule has 3 nitrogen and oxygen atoms in total. The molecule has 1 aliphatic rings. The van der Waals surface area contributed by atoms with Gasteiger partial charge in [0.15, 0.2) is 0 Å². The van der Waals surface area contributed by atoms with Crippen LogP contribution in [0.1, 0.15) is 43.7 Å². The lowest BCUT2D eigenvalue weighted by Crippen LogP contribution is -2.15. The van der Waals surface area contributed by atoms with E-state index in [1.807, 2.05) is 12.1 Å². The summed E-state index contributed by atoms with van der Waals surface area (Å²) in [5.41, 5.74) is 1.85. The zero-order chi connectivity index (χ0) is 13.0. The third-order valence-electron chi connectivity index (χ3n) is 3.75. The van der Waals surface area contributed by atoms with Crippen molar-refractivity contribution in [3.05, 3.63) is 29.3 Å². The standard InChI is InChI=1S/C15H17N3/c1-2-11-3-5-14(7-11)18-15-6-4-12(9-16)13(8-15)10-17/h4,6,8,11,14,18H,2-3,5,7H2,1H3. The first-order valence-corrected chi connectivity index (χ1v) is 6.47. The van der Waals surface area contributed by atoms with Crippen molar-refractivity contribution in [2.24, 2.45) is 5.92 Å². The quantitative estimate of drug-likeness (QED) is 0.879. The van der Waals surface area contributed by atoms with Gasteiger partial charge in [-0.3, -0.25) is 0 Å². The Labute approximate surface area is 108 Å². The molecule has 0 aliphatic heterocycles. The normalized spacial score (nSPS) is 22.2. The minimum absolute atomic E-state index is 0.445. The average molecular weight is 239 g/mol. The van der Waals surface area contributed by atoms with Gasteiger partial charge in [0.1, 0.15) is 12.1 Å². The predicted octanol–water partition coefficient (Wildman–Crippen LogP) is 3.42. The molecular formula is C15H17N3. The van der Waals surface area contributed by atoms with E-state index in [2.05, 4.69) is 18.3 Å². The van der Waals surface area contributed by atoms with Gasteiger partial charge in [0.2, 0.25) is 0 Å². The number of nitrogens with zero attached hydrogens (tertiary/aromatic N) is 2. The predicted molar refractivity (Wildman–Crippen MR) is 70.9 cm³/mol. The van der Waals surface area contributed by atoms with Crippen LogP contribution >= 0.6 is 0 Å². The summed E-state index contributed by atoms with van der Waals surface area (Å²) < 4.78 is 0. The Hall–Kier alpha value is -2.00. The third-order valence-corrected chi connectivity index (χ3v) is 3.75. The molecule has 2 atom stereocenters. The maximum atomic E-state index is 8.99. The van der Waals surface area contributed by atoms with Crippen LogP contribution in [0, 0.1) is 28.6 Å². The van der Waals surface area contributed by atoms with E-state index in [1.165, 1.54) is 25.7 Å².